The monoisotopic (exact) mass is 330 g/mol. The summed E-state index contributed by atoms with van der Waals surface area (Å²) in [6.07, 6.45) is 5.07. The smallest absolute Gasteiger partial charge is 0.358 e. The highest BCUT2D eigenvalue weighted by Gasteiger charge is 2.43. The van der Waals surface area contributed by atoms with Gasteiger partial charge in [0.2, 0.25) is 0 Å². The zero-order chi connectivity index (χ0) is 15.0. The van der Waals surface area contributed by atoms with E-state index < -0.39 is 16.0 Å². The number of esters is 1. The van der Waals surface area contributed by atoms with Crippen molar-refractivity contribution in [2.45, 2.75) is 42.4 Å². The Balaban J connectivity index is 1.97. The summed E-state index contributed by atoms with van der Waals surface area (Å²) >= 11 is 0.986. The van der Waals surface area contributed by atoms with Crippen LogP contribution in [0, 0.1) is 5.92 Å². The van der Waals surface area contributed by atoms with Gasteiger partial charge in [0.25, 0.3) is 10.0 Å². The van der Waals surface area contributed by atoms with Gasteiger partial charge in [0, 0.05) is 12.6 Å². The molecule has 2 unspecified atom stereocenters. The van der Waals surface area contributed by atoms with Crippen molar-refractivity contribution in [1.29, 1.82) is 0 Å². The number of ether oxygens (including phenoxy) is 1. The van der Waals surface area contributed by atoms with Gasteiger partial charge in [0.15, 0.2) is 9.90 Å². The first-order valence-electron chi connectivity index (χ1n) is 7.09. The van der Waals surface area contributed by atoms with Crippen LogP contribution in [0.3, 0.4) is 0 Å². The summed E-state index contributed by atoms with van der Waals surface area (Å²) in [5.74, 6) is -0.238. The van der Waals surface area contributed by atoms with E-state index in [0.29, 0.717) is 12.5 Å². The molecule has 21 heavy (non-hydrogen) atoms. The predicted molar refractivity (Wildman–Crippen MR) is 77.7 cm³/mol. The van der Waals surface area contributed by atoms with Gasteiger partial charge < -0.3 is 4.74 Å². The number of piperidine rings is 1. The summed E-state index contributed by atoms with van der Waals surface area (Å²) in [7, 11) is -2.44. The molecule has 0 N–H and O–H groups in total. The molecule has 0 amide bonds. The van der Waals surface area contributed by atoms with E-state index in [1.807, 2.05) is 0 Å². The minimum absolute atomic E-state index is 0.0156. The molecule has 8 heteroatoms. The molecule has 1 aromatic rings. The molecule has 2 fully saturated rings. The predicted octanol–water partition coefficient (Wildman–Crippen LogP) is 1.88. The lowest BCUT2D eigenvalue weighted by Crippen LogP contribution is -2.46. The maximum absolute atomic E-state index is 12.9. The molecule has 1 saturated heterocycles. The highest BCUT2D eigenvalue weighted by Crippen LogP contribution is 2.40. The number of carbonyl (C=O) groups excluding carboxylic acids is 1. The number of hydrogen-bond donors (Lipinski definition) is 0. The van der Waals surface area contributed by atoms with Crippen LogP contribution in [-0.2, 0) is 14.8 Å². The standard InChI is InChI=1S/C13H18N2O4S2/c1-19-12(16)11-13(20-8-14-11)21(17,18)15-7-3-5-9-4-2-6-10(9)15/h8-10H,2-7H2,1H3. The lowest BCUT2D eigenvalue weighted by atomic mass is 9.94. The second kappa shape index (κ2) is 5.66. The first-order chi connectivity index (χ1) is 10.1. The lowest BCUT2D eigenvalue weighted by Gasteiger charge is -2.36. The number of methoxy groups -OCH3 is 1. The van der Waals surface area contributed by atoms with Crippen LogP contribution in [0.5, 0.6) is 0 Å². The van der Waals surface area contributed by atoms with Crippen LogP contribution < -0.4 is 0 Å². The minimum atomic E-state index is -3.67. The molecule has 2 heterocycles. The van der Waals surface area contributed by atoms with Crippen molar-refractivity contribution in [2.24, 2.45) is 5.92 Å². The van der Waals surface area contributed by atoms with Crippen molar-refractivity contribution >= 4 is 27.3 Å². The normalized spacial score (nSPS) is 26.5. The van der Waals surface area contributed by atoms with Crippen molar-refractivity contribution in [3.05, 3.63) is 11.2 Å². The van der Waals surface area contributed by atoms with Crippen LogP contribution in [0.4, 0.5) is 0 Å². The van der Waals surface area contributed by atoms with Gasteiger partial charge in [-0.25, -0.2) is 18.2 Å². The van der Waals surface area contributed by atoms with Crippen LogP contribution in [0.15, 0.2) is 9.72 Å². The SMILES string of the molecule is COC(=O)c1ncsc1S(=O)(=O)N1CCCC2CCCC21. The van der Waals surface area contributed by atoms with Gasteiger partial charge in [-0.3, -0.25) is 0 Å². The third-order valence-corrected chi connectivity index (χ3v) is 7.67. The van der Waals surface area contributed by atoms with Gasteiger partial charge in [-0.05, 0) is 31.6 Å². The molecular weight excluding hydrogens is 312 g/mol. The van der Waals surface area contributed by atoms with E-state index in [0.717, 1.165) is 43.4 Å². The van der Waals surface area contributed by atoms with Crippen molar-refractivity contribution in [1.82, 2.24) is 9.29 Å². The van der Waals surface area contributed by atoms with E-state index in [1.54, 1.807) is 4.31 Å². The molecule has 6 nitrogen and oxygen atoms in total. The molecule has 0 spiro atoms. The molecule has 2 atom stereocenters. The second-order valence-electron chi connectivity index (χ2n) is 5.50. The van der Waals surface area contributed by atoms with E-state index in [-0.39, 0.29) is 15.9 Å². The van der Waals surface area contributed by atoms with E-state index >= 15 is 0 Å². The summed E-state index contributed by atoms with van der Waals surface area (Å²) in [5.41, 5.74) is 1.29. The van der Waals surface area contributed by atoms with E-state index in [9.17, 15) is 13.2 Å². The van der Waals surface area contributed by atoms with Crippen LogP contribution in [0.1, 0.15) is 42.6 Å². The third-order valence-electron chi connectivity index (χ3n) is 4.40. The van der Waals surface area contributed by atoms with E-state index in [1.165, 1.54) is 12.6 Å². The number of nitrogens with zero attached hydrogens (tertiary/aromatic N) is 2. The molecule has 1 saturated carbocycles. The summed E-state index contributed by atoms with van der Waals surface area (Å²) in [5, 5.41) is 0. The molecule has 2 aliphatic rings. The average Bonchev–Trinajstić information content (AvgIpc) is 3.14. The quantitative estimate of drug-likeness (QED) is 0.791. The Labute approximate surface area is 128 Å². The molecule has 0 radical (unpaired) electrons. The highest BCUT2D eigenvalue weighted by atomic mass is 32.2. The molecule has 116 valence electrons. The summed E-state index contributed by atoms with van der Waals surface area (Å²) in [6.45, 7) is 0.530. The number of rotatable bonds is 3. The van der Waals surface area contributed by atoms with Crippen molar-refractivity contribution in [2.75, 3.05) is 13.7 Å². The summed E-state index contributed by atoms with van der Waals surface area (Å²) in [4.78, 5) is 15.6. The Kier molecular flexibility index (Phi) is 4.02. The van der Waals surface area contributed by atoms with Crippen molar-refractivity contribution in [3.8, 4) is 0 Å². The minimum Gasteiger partial charge on any atom is -0.464 e. The van der Waals surface area contributed by atoms with Gasteiger partial charge >= 0.3 is 5.97 Å². The Bertz CT molecular complexity index is 640. The van der Waals surface area contributed by atoms with Crippen LogP contribution in [-0.4, -0.2) is 43.4 Å². The van der Waals surface area contributed by atoms with Crippen LogP contribution >= 0.6 is 11.3 Å². The van der Waals surface area contributed by atoms with Crippen LogP contribution in [0.25, 0.3) is 0 Å². The second-order valence-corrected chi connectivity index (χ2v) is 8.44. The number of carbonyl (C=O) groups is 1. The number of fused-ring (bicyclic) bond motifs is 1. The van der Waals surface area contributed by atoms with E-state index in [4.69, 9.17) is 0 Å². The molecule has 1 aromatic heterocycles. The molecule has 1 aliphatic carbocycles. The first kappa shape index (κ1) is 14.9. The Morgan fingerprint density at radius 3 is 2.90 bits per heavy atom. The highest BCUT2D eigenvalue weighted by molar-refractivity contribution is 7.91. The fourth-order valence-corrected chi connectivity index (χ4v) is 6.47. The number of sulfonamides is 1. The number of hydrogen-bond acceptors (Lipinski definition) is 6. The zero-order valence-electron chi connectivity index (χ0n) is 11.8. The van der Waals surface area contributed by atoms with Gasteiger partial charge in [0.05, 0.1) is 12.6 Å². The summed E-state index contributed by atoms with van der Waals surface area (Å²) < 4.78 is 32.1. The topological polar surface area (TPSA) is 76.6 Å². The Morgan fingerprint density at radius 1 is 1.38 bits per heavy atom. The van der Waals surface area contributed by atoms with Gasteiger partial charge in [-0.1, -0.05) is 6.42 Å². The average molecular weight is 330 g/mol. The van der Waals surface area contributed by atoms with Crippen molar-refractivity contribution in [3.63, 3.8) is 0 Å². The molecular formula is C13H18N2O4S2. The molecule has 3 rings (SSSR count). The van der Waals surface area contributed by atoms with Crippen molar-refractivity contribution < 1.29 is 17.9 Å². The van der Waals surface area contributed by atoms with E-state index in [2.05, 4.69) is 9.72 Å². The Morgan fingerprint density at radius 2 is 2.14 bits per heavy atom. The number of thiazole rings is 1. The first-order valence-corrected chi connectivity index (χ1v) is 9.41. The van der Waals surface area contributed by atoms with Crippen LogP contribution in [0.2, 0.25) is 0 Å². The largest absolute Gasteiger partial charge is 0.464 e. The molecule has 0 bridgehead atoms. The molecule has 0 aromatic carbocycles. The summed E-state index contributed by atoms with van der Waals surface area (Å²) in [6, 6.07) is 0.0800. The fourth-order valence-electron chi connectivity index (χ4n) is 3.46. The van der Waals surface area contributed by atoms with Gasteiger partial charge in [0.1, 0.15) is 0 Å². The van der Waals surface area contributed by atoms with Gasteiger partial charge in [-0.2, -0.15) is 4.31 Å². The fraction of sp³-hybridized carbons (Fsp3) is 0.692. The Hall–Kier alpha value is -0.990. The zero-order valence-corrected chi connectivity index (χ0v) is 13.5. The maximum Gasteiger partial charge on any atom is 0.358 e. The maximum atomic E-state index is 12.9. The van der Waals surface area contributed by atoms with Gasteiger partial charge in [-0.15, -0.1) is 11.3 Å². The number of aromatic nitrogens is 1. The molecule has 1 aliphatic heterocycles. The lowest BCUT2D eigenvalue weighted by molar-refractivity contribution is 0.0590. The third kappa shape index (κ3) is 2.49.